The van der Waals surface area contributed by atoms with Crippen molar-refractivity contribution in [1.29, 1.82) is 0 Å². The Kier molecular flexibility index (Phi) is 8.40. The second-order valence-corrected chi connectivity index (χ2v) is 12.0. The fourth-order valence-electron chi connectivity index (χ4n) is 6.01. The van der Waals surface area contributed by atoms with Gasteiger partial charge in [0.2, 0.25) is 0 Å². The van der Waals surface area contributed by atoms with Gasteiger partial charge in [-0.15, -0.1) is 0 Å². The standard InChI is InChI=1S/C43H40N2/c1-7-35-16-22-39(23-17-35)45(41-13-9-11-32(4)27-41)43-25-19-37(29-34(43)6)36-18-24-42(33(5)28-36)44(38-20-14-30(2)15-21-38)40-12-8-10-31(3)26-40/h7-29H,1H2,2-6H3. The molecule has 0 unspecified atom stereocenters. The molecule has 0 N–H and O–H groups in total. The largest absolute Gasteiger partial charge is 0.310 e. The molecule has 0 aliphatic carbocycles. The summed E-state index contributed by atoms with van der Waals surface area (Å²) in [5.41, 5.74) is 16.6. The molecule has 2 nitrogen and oxygen atoms in total. The van der Waals surface area contributed by atoms with Crippen molar-refractivity contribution in [3.05, 3.63) is 173 Å². The minimum Gasteiger partial charge on any atom is -0.310 e. The third kappa shape index (κ3) is 6.32. The maximum Gasteiger partial charge on any atom is 0.0491 e. The average Bonchev–Trinajstić information content (AvgIpc) is 3.04. The number of anilines is 6. The second kappa shape index (κ2) is 12.7. The molecule has 6 rings (SSSR count). The Morgan fingerprint density at radius 1 is 0.422 bits per heavy atom. The molecule has 0 heterocycles. The van der Waals surface area contributed by atoms with Gasteiger partial charge in [-0.3, -0.25) is 0 Å². The van der Waals surface area contributed by atoms with Gasteiger partial charge in [0, 0.05) is 34.1 Å². The Labute approximate surface area is 268 Å². The zero-order chi connectivity index (χ0) is 31.5. The molecule has 0 amide bonds. The molecular weight excluding hydrogens is 544 g/mol. The van der Waals surface area contributed by atoms with E-state index in [9.17, 15) is 0 Å². The van der Waals surface area contributed by atoms with E-state index in [1.807, 2.05) is 6.08 Å². The zero-order valence-corrected chi connectivity index (χ0v) is 26.9. The molecule has 45 heavy (non-hydrogen) atoms. The van der Waals surface area contributed by atoms with Gasteiger partial charge in [0.05, 0.1) is 0 Å². The Hall–Kier alpha value is -5.34. The average molecular weight is 585 g/mol. The molecule has 0 saturated heterocycles. The van der Waals surface area contributed by atoms with Crippen molar-refractivity contribution < 1.29 is 0 Å². The van der Waals surface area contributed by atoms with Crippen LogP contribution in [-0.4, -0.2) is 0 Å². The first-order valence-corrected chi connectivity index (χ1v) is 15.6. The summed E-state index contributed by atoms with van der Waals surface area (Å²) < 4.78 is 0. The number of nitrogens with zero attached hydrogens (tertiary/aromatic N) is 2. The maximum absolute atomic E-state index is 3.93. The van der Waals surface area contributed by atoms with Gasteiger partial charge in [0.25, 0.3) is 0 Å². The normalized spacial score (nSPS) is 10.9. The van der Waals surface area contributed by atoms with Crippen LogP contribution in [0.2, 0.25) is 0 Å². The lowest BCUT2D eigenvalue weighted by molar-refractivity contribution is 1.23. The first kappa shape index (κ1) is 29.7. The molecule has 6 aromatic carbocycles. The first-order chi connectivity index (χ1) is 21.8. The Bertz CT molecular complexity index is 1970. The zero-order valence-electron chi connectivity index (χ0n) is 26.9. The van der Waals surface area contributed by atoms with Crippen LogP contribution in [0, 0.1) is 34.6 Å². The summed E-state index contributed by atoms with van der Waals surface area (Å²) in [7, 11) is 0. The van der Waals surface area contributed by atoms with Crippen molar-refractivity contribution in [3.63, 3.8) is 0 Å². The summed E-state index contributed by atoms with van der Waals surface area (Å²) in [6, 6.07) is 48.4. The molecule has 6 aromatic rings. The molecule has 222 valence electrons. The molecule has 0 spiro atoms. The summed E-state index contributed by atoms with van der Waals surface area (Å²) in [5, 5.41) is 0. The van der Waals surface area contributed by atoms with Crippen LogP contribution >= 0.6 is 0 Å². The fraction of sp³-hybridized carbons (Fsp3) is 0.116. The van der Waals surface area contributed by atoms with E-state index in [-0.39, 0.29) is 0 Å². The lowest BCUT2D eigenvalue weighted by Gasteiger charge is -2.28. The SMILES string of the molecule is C=Cc1ccc(N(c2cccc(C)c2)c2ccc(-c3ccc(N(c4ccc(C)cc4)c4cccc(C)c4)c(C)c3)cc2C)cc1. The van der Waals surface area contributed by atoms with Crippen molar-refractivity contribution in [2.45, 2.75) is 34.6 Å². The van der Waals surface area contributed by atoms with E-state index < -0.39 is 0 Å². The van der Waals surface area contributed by atoms with Crippen LogP contribution in [0.25, 0.3) is 17.2 Å². The first-order valence-electron chi connectivity index (χ1n) is 15.6. The van der Waals surface area contributed by atoms with Gasteiger partial charge >= 0.3 is 0 Å². The van der Waals surface area contributed by atoms with Crippen LogP contribution in [0.15, 0.2) is 140 Å². The topological polar surface area (TPSA) is 6.48 Å². The quantitative estimate of drug-likeness (QED) is 0.176. The molecular formula is C43H40N2. The van der Waals surface area contributed by atoms with Gasteiger partial charge in [0.1, 0.15) is 0 Å². The number of benzene rings is 6. The van der Waals surface area contributed by atoms with Crippen LogP contribution < -0.4 is 9.80 Å². The van der Waals surface area contributed by atoms with E-state index in [4.69, 9.17) is 0 Å². The van der Waals surface area contributed by atoms with Gasteiger partial charge in [-0.05, 0) is 146 Å². The van der Waals surface area contributed by atoms with Gasteiger partial charge in [-0.25, -0.2) is 0 Å². The third-order valence-electron chi connectivity index (χ3n) is 8.41. The number of hydrogen-bond donors (Lipinski definition) is 0. The lowest BCUT2D eigenvalue weighted by atomic mass is 9.98. The van der Waals surface area contributed by atoms with Crippen molar-refractivity contribution in [3.8, 4) is 11.1 Å². The highest BCUT2D eigenvalue weighted by Gasteiger charge is 2.18. The van der Waals surface area contributed by atoms with E-state index in [0.29, 0.717) is 0 Å². The lowest BCUT2D eigenvalue weighted by Crippen LogP contribution is -2.12. The van der Waals surface area contributed by atoms with E-state index >= 15 is 0 Å². The smallest absolute Gasteiger partial charge is 0.0491 e. The summed E-state index contributed by atoms with van der Waals surface area (Å²) in [5.74, 6) is 0. The Balaban J connectivity index is 1.39. The minimum absolute atomic E-state index is 1.11. The van der Waals surface area contributed by atoms with Crippen molar-refractivity contribution in [2.24, 2.45) is 0 Å². The molecule has 0 aliphatic heterocycles. The van der Waals surface area contributed by atoms with E-state index in [1.54, 1.807) is 0 Å². The van der Waals surface area contributed by atoms with Gasteiger partial charge < -0.3 is 9.80 Å². The highest BCUT2D eigenvalue weighted by atomic mass is 15.1. The van der Waals surface area contributed by atoms with Crippen LogP contribution in [-0.2, 0) is 0 Å². The molecule has 0 saturated carbocycles. The number of rotatable bonds is 8. The summed E-state index contributed by atoms with van der Waals surface area (Å²) in [6.07, 6.45) is 1.88. The van der Waals surface area contributed by atoms with Crippen LogP contribution in [0.1, 0.15) is 33.4 Å². The fourth-order valence-corrected chi connectivity index (χ4v) is 6.01. The summed E-state index contributed by atoms with van der Waals surface area (Å²) in [6.45, 7) is 14.8. The molecule has 0 aliphatic rings. The predicted octanol–water partition coefficient (Wildman–Crippen LogP) is 12.5. The van der Waals surface area contributed by atoms with E-state index in [0.717, 1.165) is 34.0 Å². The number of hydrogen-bond acceptors (Lipinski definition) is 2. The monoisotopic (exact) mass is 584 g/mol. The van der Waals surface area contributed by atoms with Crippen LogP contribution in [0.5, 0.6) is 0 Å². The molecule has 0 bridgehead atoms. The second-order valence-electron chi connectivity index (χ2n) is 12.0. The highest BCUT2D eigenvalue weighted by Crippen LogP contribution is 2.41. The summed E-state index contributed by atoms with van der Waals surface area (Å²) >= 11 is 0. The predicted molar refractivity (Wildman–Crippen MR) is 195 cm³/mol. The van der Waals surface area contributed by atoms with Crippen molar-refractivity contribution in [1.82, 2.24) is 0 Å². The van der Waals surface area contributed by atoms with E-state index in [2.05, 4.69) is 184 Å². The number of aryl methyl sites for hydroxylation is 5. The van der Waals surface area contributed by atoms with Gasteiger partial charge in [-0.2, -0.15) is 0 Å². The summed E-state index contributed by atoms with van der Waals surface area (Å²) in [4.78, 5) is 4.70. The van der Waals surface area contributed by atoms with Gasteiger partial charge in [0.15, 0.2) is 0 Å². The molecule has 0 aromatic heterocycles. The van der Waals surface area contributed by atoms with Crippen LogP contribution in [0.4, 0.5) is 34.1 Å². The minimum atomic E-state index is 1.11. The van der Waals surface area contributed by atoms with Crippen LogP contribution in [0.3, 0.4) is 0 Å². The maximum atomic E-state index is 3.93. The highest BCUT2D eigenvalue weighted by molar-refractivity contribution is 5.83. The van der Waals surface area contributed by atoms with Crippen molar-refractivity contribution in [2.75, 3.05) is 9.80 Å². The van der Waals surface area contributed by atoms with Crippen molar-refractivity contribution >= 4 is 40.2 Å². The van der Waals surface area contributed by atoms with E-state index in [1.165, 1.54) is 44.6 Å². The molecule has 0 fully saturated rings. The Morgan fingerprint density at radius 3 is 1.27 bits per heavy atom. The van der Waals surface area contributed by atoms with Gasteiger partial charge in [-0.1, -0.05) is 78.9 Å². The molecule has 0 atom stereocenters. The Morgan fingerprint density at radius 2 is 0.867 bits per heavy atom. The molecule has 0 radical (unpaired) electrons. The molecule has 2 heteroatoms. The third-order valence-corrected chi connectivity index (χ3v) is 8.41.